The second kappa shape index (κ2) is 12.6. The van der Waals surface area contributed by atoms with Crippen LogP contribution in [0.5, 0.6) is 0 Å². The van der Waals surface area contributed by atoms with Crippen molar-refractivity contribution < 1.29 is 41.9 Å². The molecule has 13 heteroatoms. The van der Waals surface area contributed by atoms with Crippen LogP contribution >= 0.6 is 11.6 Å². The van der Waals surface area contributed by atoms with Gasteiger partial charge in [-0.25, -0.2) is 4.79 Å². The fraction of sp³-hybridized carbons (Fsp3) is 0.593. The number of halogens is 4. The van der Waals surface area contributed by atoms with E-state index >= 15 is 0 Å². The average molecular weight is 590 g/mol. The van der Waals surface area contributed by atoms with Gasteiger partial charge in [-0.05, 0) is 55.9 Å². The summed E-state index contributed by atoms with van der Waals surface area (Å²) in [5.74, 6) is -6.49. The number of carbonyl (C=O) groups excluding carboxylic acids is 5. The smallest absolute Gasteiger partial charge is 0.407 e. The first-order chi connectivity index (χ1) is 18.2. The highest BCUT2D eigenvalue weighted by Crippen LogP contribution is 2.39. The molecule has 0 bridgehead atoms. The summed E-state index contributed by atoms with van der Waals surface area (Å²) in [6, 6.07) is 3.19. The van der Waals surface area contributed by atoms with Crippen molar-refractivity contribution in [3.63, 3.8) is 0 Å². The Kier molecular flexibility index (Phi) is 10.4. The first-order valence-electron chi connectivity index (χ1n) is 12.6. The van der Waals surface area contributed by atoms with Crippen molar-refractivity contribution in [1.82, 2.24) is 15.5 Å². The van der Waals surface area contributed by atoms with Crippen LogP contribution in [0.3, 0.4) is 0 Å². The molecule has 3 atom stereocenters. The zero-order valence-electron chi connectivity index (χ0n) is 23.3. The van der Waals surface area contributed by atoms with E-state index in [2.05, 4.69) is 10.6 Å². The lowest BCUT2D eigenvalue weighted by Crippen LogP contribution is -2.51. The Morgan fingerprint density at radius 3 is 2.17 bits per heavy atom. The number of alkyl carbamates (subject to hydrolysis) is 1. The Hall–Kier alpha value is -3.15. The van der Waals surface area contributed by atoms with E-state index in [0.29, 0.717) is 16.1 Å². The molecule has 222 valence electrons. The fourth-order valence-corrected chi connectivity index (χ4v) is 4.63. The number of rotatable bonds is 8. The zero-order chi connectivity index (χ0) is 30.6. The van der Waals surface area contributed by atoms with Gasteiger partial charge in [0.2, 0.25) is 17.6 Å². The van der Waals surface area contributed by atoms with Crippen molar-refractivity contribution in [2.75, 3.05) is 6.54 Å². The molecular weight excluding hydrogens is 555 g/mol. The molecule has 1 aromatic carbocycles. The van der Waals surface area contributed by atoms with Crippen LogP contribution in [0.4, 0.5) is 18.0 Å². The van der Waals surface area contributed by atoms with Crippen molar-refractivity contribution in [1.29, 1.82) is 0 Å². The van der Waals surface area contributed by atoms with E-state index in [0.717, 1.165) is 4.90 Å². The SMILES string of the molecule is CC(C)(C)OC(=O)NCc1ccc(Cl)cc1CNC(=O)[C@@H]1C[C@H](C(F)(F)F)CN1C(=O)[C@@H](C(=O)C=O)C(C)(C)C. The summed E-state index contributed by atoms with van der Waals surface area (Å²) in [6.45, 7) is 8.66. The highest BCUT2D eigenvalue weighted by molar-refractivity contribution is 6.31. The van der Waals surface area contributed by atoms with E-state index < -0.39 is 71.7 Å². The molecule has 1 aliphatic heterocycles. The molecule has 40 heavy (non-hydrogen) atoms. The molecule has 2 N–H and O–H groups in total. The minimum atomic E-state index is -4.69. The second-order valence-electron chi connectivity index (χ2n) is 11.8. The predicted molar refractivity (Wildman–Crippen MR) is 140 cm³/mol. The summed E-state index contributed by atoms with van der Waals surface area (Å²) >= 11 is 6.10. The van der Waals surface area contributed by atoms with E-state index in [-0.39, 0.29) is 19.4 Å². The molecule has 0 unspecified atom stereocenters. The van der Waals surface area contributed by atoms with E-state index in [4.69, 9.17) is 16.3 Å². The number of aldehydes is 1. The maximum Gasteiger partial charge on any atom is 0.407 e. The number of Topliss-reactive ketones (excluding diaryl/α,β-unsaturated/α-hetero) is 1. The Morgan fingerprint density at radius 1 is 1.05 bits per heavy atom. The van der Waals surface area contributed by atoms with Gasteiger partial charge in [-0.2, -0.15) is 13.2 Å². The van der Waals surface area contributed by atoms with Crippen LogP contribution < -0.4 is 10.6 Å². The van der Waals surface area contributed by atoms with Gasteiger partial charge in [0, 0.05) is 24.7 Å². The highest BCUT2D eigenvalue weighted by Gasteiger charge is 2.53. The van der Waals surface area contributed by atoms with Gasteiger partial charge in [-0.1, -0.05) is 38.4 Å². The lowest BCUT2D eigenvalue weighted by molar-refractivity contribution is -0.171. The maximum atomic E-state index is 13.6. The standard InChI is InChI=1S/C27H35ClF3N3O6/c1-25(2,3)21(20(36)14-35)23(38)34-13-17(27(29,30)31)10-19(34)22(37)32-12-16-9-18(28)8-7-15(16)11-33-24(39)40-26(4,5)6/h7-9,14,17,19,21H,10-13H2,1-6H3,(H,32,37)(H,33,39)/t17-,19-,21+/m0/s1. The predicted octanol–water partition coefficient (Wildman–Crippen LogP) is 4.19. The van der Waals surface area contributed by atoms with Crippen LogP contribution in [0.2, 0.25) is 5.02 Å². The molecule has 0 aliphatic carbocycles. The maximum absolute atomic E-state index is 13.6. The molecule has 2 rings (SSSR count). The molecule has 1 aromatic rings. The van der Waals surface area contributed by atoms with Gasteiger partial charge in [-0.15, -0.1) is 0 Å². The van der Waals surface area contributed by atoms with Gasteiger partial charge in [0.1, 0.15) is 17.6 Å². The van der Waals surface area contributed by atoms with Crippen LogP contribution in [-0.4, -0.2) is 59.2 Å². The third-order valence-electron chi connectivity index (χ3n) is 6.31. The summed E-state index contributed by atoms with van der Waals surface area (Å²) in [4.78, 5) is 62.8. The Morgan fingerprint density at radius 2 is 1.65 bits per heavy atom. The van der Waals surface area contributed by atoms with E-state index in [1.807, 2.05) is 0 Å². The summed E-state index contributed by atoms with van der Waals surface area (Å²) in [6.07, 6.45) is -6.09. The zero-order valence-corrected chi connectivity index (χ0v) is 24.0. The minimum absolute atomic E-state index is 0.0164. The van der Waals surface area contributed by atoms with Crippen LogP contribution in [0.25, 0.3) is 0 Å². The Balaban J connectivity index is 2.26. The Bertz CT molecular complexity index is 1140. The normalized spacial score (nSPS) is 18.6. The van der Waals surface area contributed by atoms with Gasteiger partial charge in [0.05, 0.1) is 5.92 Å². The average Bonchev–Trinajstić information content (AvgIpc) is 3.26. The van der Waals surface area contributed by atoms with Crippen molar-refractivity contribution >= 4 is 41.6 Å². The monoisotopic (exact) mass is 589 g/mol. The quantitative estimate of drug-likeness (QED) is 0.266. The van der Waals surface area contributed by atoms with Crippen molar-refractivity contribution in [2.45, 2.75) is 78.9 Å². The van der Waals surface area contributed by atoms with Crippen LogP contribution in [0.1, 0.15) is 59.1 Å². The van der Waals surface area contributed by atoms with Crippen molar-refractivity contribution in [2.24, 2.45) is 17.3 Å². The number of hydrogen-bond donors (Lipinski definition) is 2. The third kappa shape index (κ3) is 8.94. The largest absolute Gasteiger partial charge is 0.444 e. The number of ketones is 1. The molecule has 1 heterocycles. The molecule has 1 saturated heterocycles. The van der Waals surface area contributed by atoms with E-state index in [1.165, 1.54) is 26.8 Å². The fourth-order valence-electron chi connectivity index (χ4n) is 4.43. The summed E-state index contributed by atoms with van der Waals surface area (Å²) in [7, 11) is 0. The first kappa shape index (κ1) is 33.1. The number of alkyl halides is 3. The number of ether oxygens (including phenoxy) is 1. The van der Waals surface area contributed by atoms with Crippen LogP contribution in [0, 0.1) is 17.3 Å². The van der Waals surface area contributed by atoms with Gasteiger partial charge in [-0.3, -0.25) is 19.2 Å². The molecule has 1 aliphatic rings. The minimum Gasteiger partial charge on any atom is -0.444 e. The number of amides is 3. The van der Waals surface area contributed by atoms with Crippen LogP contribution in [0.15, 0.2) is 18.2 Å². The van der Waals surface area contributed by atoms with Gasteiger partial charge in [0.25, 0.3) is 0 Å². The van der Waals surface area contributed by atoms with Crippen molar-refractivity contribution in [3.05, 3.63) is 34.3 Å². The lowest BCUT2D eigenvalue weighted by Gasteiger charge is -2.33. The van der Waals surface area contributed by atoms with E-state index in [1.54, 1.807) is 32.9 Å². The molecule has 0 aromatic heterocycles. The molecule has 0 radical (unpaired) electrons. The molecule has 3 amide bonds. The molecule has 1 fully saturated rings. The van der Waals surface area contributed by atoms with Gasteiger partial charge < -0.3 is 20.3 Å². The van der Waals surface area contributed by atoms with Crippen molar-refractivity contribution in [3.8, 4) is 0 Å². The number of carbonyl (C=O) groups is 5. The molecular formula is C27H35ClF3N3O6. The van der Waals surface area contributed by atoms with Gasteiger partial charge in [0.15, 0.2) is 6.29 Å². The topological polar surface area (TPSA) is 122 Å². The summed E-state index contributed by atoms with van der Waals surface area (Å²) < 4.78 is 46.1. The summed E-state index contributed by atoms with van der Waals surface area (Å²) in [5, 5.41) is 5.46. The Labute approximate surface area is 236 Å². The van der Waals surface area contributed by atoms with Gasteiger partial charge >= 0.3 is 12.3 Å². The first-order valence-corrected chi connectivity index (χ1v) is 13.0. The number of hydrogen-bond acceptors (Lipinski definition) is 6. The number of likely N-dealkylation sites (tertiary alicyclic amines) is 1. The highest BCUT2D eigenvalue weighted by atomic mass is 35.5. The lowest BCUT2D eigenvalue weighted by atomic mass is 9.77. The molecule has 0 saturated carbocycles. The van der Waals surface area contributed by atoms with Crippen LogP contribution in [-0.2, 0) is 37.0 Å². The second-order valence-corrected chi connectivity index (χ2v) is 12.2. The number of benzene rings is 1. The summed E-state index contributed by atoms with van der Waals surface area (Å²) in [5.41, 5.74) is -0.762. The number of nitrogens with zero attached hydrogens (tertiary/aromatic N) is 1. The third-order valence-corrected chi connectivity index (χ3v) is 6.54. The van der Waals surface area contributed by atoms with E-state index in [9.17, 15) is 37.1 Å². The molecule has 0 spiro atoms. The molecule has 9 nitrogen and oxygen atoms in total. The number of nitrogens with one attached hydrogen (secondary N) is 2.